The average Bonchev–Trinajstić information content (AvgIpc) is 4.12. The Morgan fingerprint density at radius 1 is 0.354 bits per heavy atom. The van der Waals surface area contributed by atoms with Crippen LogP contribution >= 0.6 is 0 Å². The van der Waals surface area contributed by atoms with Crippen molar-refractivity contribution >= 4 is 82.5 Å². The van der Waals surface area contributed by atoms with Gasteiger partial charge in [0.05, 0.1) is 22.1 Å². The minimum Gasteiger partial charge on any atom is -0.456 e. The highest BCUT2D eigenvalue weighted by Crippen LogP contribution is 2.62. The molecule has 10 aromatic carbocycles. The van der Waals surface area contributed by atoms with Gasteiger partial charge in [0.25, 0.3) is 0 Å². The third-order valence-electron chi connectivity index (χ3n) is 14.4. The predicted octanol–water partition coefficient (Wildman–Crippen LogP) is 16.4. The fraction of sp³-hybridized carbons (Fsp3) is 0.0164. The molecule has 0 bridgehead atoms. The van der Waals surface area contributed by atoms with Crippen molar-refractivity contribution in [2.75, 3.05) is 4.90 Å². The van der Waals surface area contributed by atoms with Crippen LogP contribution in [0.3, 0.4) is 0 Å². The van der Waals surface area contributed by atoms with Gasteiger partial charge in [-0.1, -0.05) is 140 Å². The highest BCUT2D eigenvalue weighted by Gasteiger charge is 2.51. The monoisotopic (exact) mass is 828 g/mol. The lowest BCUT2D eigenvalue weighted by atomic mass is 9.65. The molecule has 0 saturated carbocycles. The lowest BCUT2D eigenvalue weighted by molar-refractivity contribution is 0.632. The van der Waals surface area contributed by atoms with E-state index < -0.39 is 5.41 Å². The van der Waals surface area contributed by atoms with Crippen molar-refractivity contribution in [3.05, 3.63) is 241 Å². The Balaban J connectivity index is 1.02. The molecule has 2 aliphatic rings. The van der Waals surface area contributed by atoms with E-state index in [-0.39, 0.29) is 0 Å². The molecular formula is C61H36N2O2. The maximum Gasteiger partial charge on any atom is 0.136 e. The molecule has 302 valence electrons. The van der Waals surface area contributed by atoms with E-state index in [9.17, 15) is 0 Å². The van der Waals surface area contributed by atoms with E-state index in [1.807, 2.05) is 0 Å². The number of rotatable bonds is 4. The Morgan fingerprint density at radius 3 is 2.00 bits per heavy atom. The van der Waals surface area contributed by atoms with Crippen molar-refractivity contribution in [1.29, 1.82) is 0 Å². The van der Waals surface area contributed by atoms with Gasteiger partial charge in [-0.25, -0.2) is 0 Å². The molecule has 1 atom stereocenters. The summed E-state index contributed by atoms with van der Waals surface area (Å²) in [6.07, 6.45) is 0. The molecule has 4 heterocycles. The quantitative estimate of drug-likeness (QED) is 0.177. The van der Waals surface area contributed by atoms with E-state index in [4.69, 9.17) is 8.83 Å². The van der Waals surface area contributed by atoms with Gasteiger partial charge in [-0.3, -0.25) is 0 Å². The van der Waals surface area contributed by atoms with Crippen LogP contribution < -0.4 is 4.90 Å². The van der Waals surface area contributed by atoms with Gasteiger partial charge in [-0.2, -0.15) is 0 Å². The van der Waals surface area contributed by atoms with Crippen LogP contribution in [0.4, 0.5) is 17.1 Å². The van der Waals surface area contributed by atoms with E-state index >= 15 is 0 Å². The van der Waals surface area contributed by atoms with Gasteiger partial charge in [0.15, 0.2) is 0 Å². The van der Waals surface area contributed by atoms with Crippen LogP contribution in [-0.4, -0.2) is 4.57 Å². The van der Waals surface area contributed by atoms with Crippen molar-refractivity contribution in [3.8, 4) is 28.1 Å². The number of para-hydroxylation sites is 4. The van der Waals surface area contributed by atoms with Gasteiger partial charge >= 0.3 is 0 Å². The molecule has 15 rings (SSSR count). The minimum absolute atomic E-state index is 0.655. The number of nitrogens with zero attached hydrogens (tertiary/aromatic N) is 2. The van der Waals surface area contributed by atoms with E-state index in [2.05, 4.69) is 228 Å². The first-order valence-electron chi connectivity index (χ1n) is 22.3. The van der Waals surface area contributed by atoms with Crippen LogP contribution in [0.2, 0.25) is 0 Å². The summed E-state index contributed by atoms with van der Waals surface area (Å²) in [5, 5.41) is 8.18. The Bertz CT molecular complexity index is 4150. The van der Waals surface area contributed by atoms with Crippen molar-refractivity contribution in [1.82, 2.24) is 4.57 Å². The van der Waals surface area contributed by atoms with Gasteiger partial charge in [0, 0.05) is 49.6 Å². The van der Waals surface area contributed by atoms with Crippen LogP contribution in [0, 0.1) is 0 Å². The second-order valence-electron chi connectivity index (χ2n) is 17.6. The van der Waals surface area contributed by atoms with Crippen LogP contribution in [-0.2, 0) is 5.41 Å². The summed E-state index contributed by atoms with van der Waals surface area (Å²) < 4.78 is 15.7. The molecule has 1 aliphatic heterocycles. The number of furan rings is 2. The molecule has 4 heteroatoms. The average molecular weight is 829 g/mol. The summed E-state index contributed by atoms with van der Waals surface area (Å²) in [6.45, 7) is 0. The Labute approximate surface area is 373 Å². The second-order valence-corrected chi connectivity index (χ2v) is 17.6. The van der Waals surface area contributed by atoms with Crippen molar-refractivity contribution in [2.24, 2.45) is 0 Å². The van der Waals surface area contributed by atoms with Gasteiger partial charge in [0.1, 0.15) is 22.5 Å². The van der Waals surface area contributed by atoms with E-state index in [1.165, 1.54) is 71.6 Å². The normalized spacial score (nSPS) is 14.8. The van der Waals surface area contributed by atoms with E-state index in [1.54, 1.807) is 0 Å². The molecule has 0 amide bonds. The molecule has 0 radical (unpaired) electrons. The Morgan fingerprint density at radius 2 is 1.06 bits per heavy atom. The Hall–Kier alpha value is -8.60. The molecule has 1 spiro atoms. The zero-order chi connectivity index (χ0) is 42.4. The standard InChI is InChI=1S/C61H36N2O2/c1-2-16-39(17-3-1)62(40-29-31-56-38(32-40)33-58(64-56)45-22-12-15-37-14-4-5-18-42(37)45)41-28-30-55-53(34-41)61(51-25-13-23-47-44-20-7-10-26-54(44)63(55)60(47)51)50-24-9-6-19-43(50)48-36-59-49(35-52(48)61)46-21-8-11-27-57(46)65-59/h1-36H. The maximum atomic E-state index is 6.62. The largest absolute Gasteiger partial charge is 0.456 e. The Kier molecular flexibility index (Phi) is 6.85. The van der Waals surface area contributed by atoms with Gasteiger partial charge in [-0.05, 0) is 123 Å². The zero-order valence-electron chi connectivity index (χ0n) is 35.0. The summed E-state index contributed by atoms with van der Waals surface area (Å²) in [5.41, 5.74) is 17.4. The number of hydrogen-bond acceptors (Lipinski definition) is 3. The fourth-order valence-corrected chi connectivity index (χ4v) is 11.7. The molecule has 0 fully saturated rings. The number of hydrogen-bond donors (Lipinski definition) is 0. The molecule has 65 heavy (non-hydrogen) atoms. The lowest BCUT2D eigenvalue weighted by Crippen LogP contribution is -2.33. The predicted molar refractivity (Wildman–Crippen MR) is 266 cm³/mol. The topological polar surface area (TPSA) is 34.5 Å². The molecule has 0 saturated heterocycles. The van der Waals surface area contributed by atoms with Crippen LogP contribution in [0.5, 0.6) is 0 Å². The maximum absolute atomic E-state index is 6.62. The fourth-order valence-electron chi connectivity index (χ4n) is 11.7. The molecular weight excluding hydrogens is 793 g/mol. The molecule has 1 unspecified atom stereocenters. The highest BCUT2D eigenvalue weighted by molar-refractivity contribution is 6.14. The summed E-state index contributed by atoms with van der Waals surface area (Å²) >= 11 is 0. The summed E-state index contributed by atoms with van der Waals surface area (Å²) in [7, 11) is 0. The van der Waals surface area contributed by atoms with Crippen molar-refractivity contribution in [2.45, 2.75) is 5.41 Å². The highest BCUT2D eigenvalue weighted by atomic mass is 16.3. The zero-order valence-corrected chi connectivity index (χ0v) is 35.0. The number of aromatic nitrogens is 1. The SMILES string of the molecule is c1ccc(N(c2ccc3c(c2)C2(c4ccccc4-c4cc5oc6ccccc6c5cc42)c2cccc4c5ccccc5n-3c24)c2ccc3oc(-c4cccc5ccccc45)cc3c2)cc1. The third-order valence-corrected chi connectivity index (χ3v) is 14.4. The molecule has 1 aliphatic carbocycles. The summed E-state index contributed by atoms with van der Waals surface area (Å²) in [4.78, 5) is 2.40. The number of benzene rings is 10. The van der Waals surface area contributed by atoms with Crippen LogP contribution in [0.15, 0.2) is 227 Å². The van der Waals surface area contributed by atoms with Gasteiger partial charge < -0.3 is 18.3 Å². The minimum atomic E-state index is -0.655. The van der Waals surface area contributed by atoms with Crippen LogP contribution in [0.25, 0.3) is 93.6 Å². The molecule has 3 aromatic heterocycles. The van der Waals surface area contributed by atoms with Crippen molar-refractivity contribution in [3.63, 3.8) is 0 Å². The van der Waals surface area contributed by atoms with Gasteiger partial charge in [-0.15, -0.1) is 0 Å². The van der Waals surface area contributed by atoms with Gasteiger partial charge in [0.2, 0.25) is 0 Å². The smallest absolute Gasteiger partial charge is 0.136 e. The van der Waals surface area contributed by atoms with E-state index in [0.717, 1.165) is 61.3 Å². The third kappa shape index (κ3) is 4.60. The summed E-state index contributed by atoms with van der Waals surface area (Å²) in [5.74, 6) is 0.859. The molecule has 4 nitrogen and oxygen atoms in total. The lowest BCUT2D eigenvalue weighted by Gasteiger charge is -2.40. The molecule has 0 N–H and O–H groups in total. The first kappa shape index (κ1) is 34.9. The van der Waals surface area contributed by atoms with E-state index in [0.29, 0.717) is 0 Å². The first-order chi connectivity index (χ1) is 32.2. The van der Waals surface area contributed by atoms with Crippen LogP contribution in [0.1, 0.15) is 22.3 Å². The number of fused-ring (bicyclic) bond motifs is 17. The first-order valence-corrected chi connectivity index (χ1v) is 22.3. The number of anilines is 3. The van der Waals surface area contributed by atoms with Crippen molar-refractivity contribution < 1.29 is 8.83 Å². The summed E-state index contributed by atoms with van der Waals surface area (Å²) in [6, 6.07) is 79.6. The molecule has 13 aromatic rings. The second kappa shape index (κ2) is 12.7.